The maximum atomic E-state index is 10.2. The fourth-order valence-corrected chi connectivity index (χ4v) is 1.09. The lowest BCUT2D eigenvalue weighted by atomic mass is 10.3. The lowest BCUT2D eigenvalue weighted by Gasteiger charge is -2.04. The van der Waals surface area contributed by atoms with E-state index < -0.39 is 17.1 Å². The number of hydrogen-bond donors (Lipinski definition) is 1. The predicted molar refractivity (Wildman–Crippen MR) is 41.8 cm³/mol. The van der Waals surface area contributed by atoms with Crippen LogP contribution >= 0.6 is 0 Å². The van der Waals surface area contributed by atoms with E-state index in [2.05, 4.69) is 14.2 Å². The average molecular weight is 188 g/mol. The van der Waals surface area contributed by atoms with Crippen LogP contribution in [0.15, 0.2) is 18.6 Å². The van der Waals surface area contributed by atoms with Gasteiger partial charge >= 0.3 is 0 Å². The monoisotopic (exact) mass is 188 g/mol. The van der Waals surface area contributed by atoms with Gasteiger partial charge in [-0.2, -0.15) is 0 Å². The summed E-state index contributed by atoms with van der Waals surface area (Å²) < 4.78 is 24.8. The standard InChI is InChI=1S/C6H8N2O3S/c1-5(11-12(9)10)6-2-3-7-4-8-6/h2-5,12H,1H3. The minimum atomic E-state index is -2.82. The Kier molecular flexibility index (Phi) is 3.12. The quantitative estimate of drug-likeness (QED) is 0.680. The number of nitrogens with zero attached hydrogens (tertiary/aromatic N) is 2. The summed E-state index contributed by atoms with van der Waals surface area (Å²) in [6.45, 7) is 1.60. The zero-order valence-electron chi connectivity index (χ0n) is 6.38. The Morgan fingerprint density at radius 2 is 2.33 bits per heavy atom. The van der Waals surface area contributed by atoms with E-state index in [4.69, 9.17) is 0 Å². The van der Waals surface area contributed by atoms with Gasteiger partial charge in [0, 0.05) is 6.20 Å². The fourth-order valence-electron chi connectivity index (χ4n) is 0.724. The first-order chi connectivity index (χ1) is 5.70. The van der Waals surface area contributed by atoms with Crippen molar-refractivity contribution in [1.82, 2.24) is 9.97 Å². The summed E-state index contributed by atoms with van der Waals surface area (Å²) in [7, 11) is -2.82. The van der Waals surface area contributed by atoms with E-state index in [9.17, 15) is 8.42 Å². The molecule has 0 aliphatic heterocycles. The molecule has 0 bridgehead atoms. The Hall–Kier alpha value is -1.01. The van der Waals surface area contributed by atoms with Crippen LogP contribution in [0.5, 0.6) is 0 Å². The van der Waals surface area contributed by atoms with E-state index in [1.165, 1.54) is 12.5 Å². The third-order valence-corrected chi connectivity index (χ3v) is 1.75. The molecule has 0 amide bonds. The van der Waals surface area contributed by atoms with Crippen LogP contribution in [0.2, 0.25) is 0 Å². The molecule has 6 heteroatoms. The van der Waals surface area contributed by atoms with Crippen molar-refractivity contribution in [2.75, 3.05) is 0 Å². The van der Waals surface area contributed by atoms with Gasteiger partial charge in [-0.3, -0.25) is 4.18 Å². The van der Waals surface area contributed by atoms with E-state index in [0.717, 1.165) is 0 Å². The van der Waals surface area contributed by atoms with Crippen molar-refractivity contribution in [2.45, 2.75) is 13.0 Å². The number of thiol groups is 1. The summed E-state index contributed by atoms with van der Waals surface area (Å²) in [4.78, 5) is 7.52. The SMILES string of the molecule is CC(O[SH](=O)=O)c1ccncn1. The summed E-state index contributed by atoms with van der Waals surface area (Å²) in [5.74, 6) is 0. The summed E-state index contributed by atoms with van der Waals surface area (Å²) in [6, 6.07) is 1.60. The Bertz CT molecular complexity index is 304. The van der Waals surface area contributed by atoms with E-state index in [1.807, 2.05) is 0 Å². The maximum Gasteiger partial charge on any atom is 0.257 e. The first kappa shape index (κ1) is 9.08. The van der Waals surface area contributed by atoms with Crippen LogP contribution in [0.4, 0.5) is 0 Å². The highest BCUT2D eigenvalue weighted by Crippen LogP contribution is 2.11. The van der Waals surface area contributed by atoms with Gasteiger partial charge in [0.15, 0.2) is 0 Å². The second-order valence-electron chi connectivity index (χ2n) is 2.11. The average Bonchev–Trinajstić information content (AvgIpc) is 2.05. The highest BCUT2D eigenvalue weighted by molar-refractivity contribution is 7.67. The van der Waals surface area contributed by atoms with Crippen molar-refractivity contribution >= 4 is 11.0 Å². The van der Waals surface area contributed by atoms with Crippen LogP contribution in [0.25, 0.3) is 0 Å². The second kappa shape index (κ2) is 4.13. The van der Waals surface area contributed by atoms with Gasteiger partial charge in [0.1, 0.15) is 12.4 Å². The molecule has 0 saturated carbocycles. The number of hydrogen-bond acceptors (Lipinski definition) is 5. The van der Waals surface area contributed by atoms with Crippen LogP contribution in [0.1, 0.15) is 18.7 Å². The van der Waals surface area contributed by atoms with Crippen molar-refractivity contribution in [1.29, 1.82) is 0 Å². The van der Waals surface area contributed by atoms with Crippen molar-refractivity contribution in [3.8, 4) is 0 Å². The molecule has 0 aliphatic carbocycles. The van der Waals surface area contributed by atoms with Crippen LogP contribution in [0, 0.1) is 0 Å². The third-order valence-electron chi connectivity index (χ3n) is 1.27. The molecule has 0 aliphatic rings. The summed E-state index contributed by atoms with van der Waals surface area (Å²) >= 11 is 0. The summed E-state index contributed by atoms with van der Waals surface area (Å²) in [6.07, 6.45) is 2.32. The molecule has 1 atom stereocenters. The molecule has 5 nitrogen and oxygen atoms in total. The fraction of sp³-hybridized carbons (Fsp3) is 0.333. The normalized spacial score (nSPS) is 13.2. The molecule has 1 rings (SSSR count). The van der Waals surface area contributed by atoms with Gasteiger partial charge in [0.25, 0.3) is 11.0 Å². The molecule has 1 heterocycles. The predicted octanol–water partition coefficient (Wildman–Crippen LogP) is 0.0806. The summed E-state index contributed by atoms with van der Waals surface area (Å²) in [5, 5.41) is 0. The molecule has 66 valence electrons. The number of aromatic nitrogens is 2. The lowest BCUT2D eigenvalue weighted by molar-refractivity contribution is 0.240. The van der Waals surface area contributed by atoms with Gasteiger partial charge in [-0.25, -0.2) is 18.4 Å². The Morgan fingerprint density at radius 3 is 2.83 bits per heavy atom. The molecule has 1 aromatic heterocycles. The van der Waals surface area contributed by atoms with Crippen LogP contribution in [-0.4, -0.2) is 18.4 Å². The molecule has 0 radical (unpaired) electrons. The molecule has 12 heavy (non-hydrogen) atoms. The van der Waals surface area contributed by atoms with Crippen LogP contribution in [-0.2, 0) is 15.2 Å². The van der Waals surface area contributed by atoms with Gasteiger partial charge < -0.3 is 0 Å². The third kappa shape index (κ3) is 2.55. The smallest absolute Gasteiger partial charge is 0.257 e. The number of rotatable bonds is 3. The minimum Gasteiger partial charge on any atom is -0.263 e. The topological polar surface area (TPSA) is 69.2 Å². The minimum absolute atomic E-state index is 0.546. The maximum absolute atomic E-state index is 10.2. The highest BCUT2D eigenvalue weighted by Gasteiger charge is 2.06. The molecule has 1 aromatic rings. The van der Waals surface area contributed by atoms with E-state index >= 15 is 0 Å². The van der Waals surface area contributed by atoms with E-state index in [0.29, 0.717) is 5.69 Å². The summed E-state index contributed by atoms with van der Waals surface area (Å²) in [5.41, 5.74) is 0.546. The van der Waals surface area contributed by atoms with E-state index in [-0.39, 0.29) is 0 Å². The Morgan fingerprint density at radius 1 is 1.58 bits per heavy atom. The lowest BCUT2D eigenvalue weighted by Crippen LogP contribution is -2.00. The van der Waals surface area contributed by atoms with Gasteiger partial charge in [-0.1, -0.05) is 0 Å². The molecular formula is C6H8N2O3S. The van der Waals surface area contributed by atoms with Gasteiger partial charge in [0.05, 0.1) is 5.69 Å². The van der Waals surface area contributed by atoms with Crippen LogP contribution in [0.3, 0.4) is 0 Å². The molecule has 0 spiro atoms. The van der Waals surface area contributed by atoms with Gasteiger partial charge in [-0.15, -0.1) is 0 Å². The molecular weight excluding hydrogens is 180 g/mol. The molecule has 0 saturated heterocycles. The van der Waals surface area contributed by atoms with Crippen LogP contribution < -0.4 is 0 Å². The van der Waals surface area contributed by atoms with Gasteiger partial charge in [-0.05, 0) is 13.0 Å². The molecule has 0 N–H and O–H groups in total. The first-order valence-electron chi connectivity index (χ1n) is 3.27. The molecule has 0 aromatic carbocycles. The van der Waals surface area contributed by atoms with Crippen molar-refractivity contribution in [2.24, 2.45) is 0 Å². The largest absolute Gasteiger partial charge is 0.263 e. The van der Waals surface area contributed by atoms with Gasteiger partial charge in [0.2, 0.25) is 0 Å². The van der Waals surface area contributed by atoms with Crippen molar-refractivity contribution < 1.29 is 12.6 Å². The zero-order valence-corrected chi connectivity index (χ0v) is 7.27. The van der Waals surface area contributed by atoms with Crippen molar-refractivity contribution in [3.05, 3.63) is 24.3 Å². The zero-order chi connectivity index (χ0) is 8.97. The van der Waals surface area contributed by atoms with Crippen molar-refractivity contribution in [3.63, 3.8) is 0 Å². The highest BCUT2D eigenvalue weighted by atomic mass is 32.2. The molecule has 1 unspecified atom stereocenters. The Labute approximate surface area is 71.6 Å². The first-order valence-corrected chi connectivity index (χ1v) is 4.37. The second-order valence-corrected chi connectivity index (χ2v) is 2.76. The van der Waals surface area contributed by atoms with E-state index in [1.54, 1.807) is 13.0 Å². The molecule has 0 fully saturated rings. The Balaban J connectivity index is 2.71.